The normalized spacial score (nSPS) is 15.0. The number of rotatable bonds is 4. The SMILES string of the molecule is CCC(NC(=O)Nc1ccccc1C(F)(F)F)c1ccc2c(c1)CCCC2. The molecule has 0 saturated heterocycles. The maximum atomic E-state index is 13.1. The first-order chi connectivity index (χ1) is 12.9. The van der Waals surface area contributed by atoms with Gasteiger partial charge in [0.25, 0.3) is 0 Å². The molecule has 1 aliphatic carbocycles. The molecule has 0 aromatic heterocycles. The number of hydrogen-bond acceptors (Lipinski definition) is 1. The van der Waals surface area contributed by atoms with Gasteiger partial charge in [-0.1, -0.05) is 37.3 Å². The Balaban J connectivity index is 1.73. The summed E-state index contributed by atoms with van der Waals surface area (Å²) in [4.78, 5) is 12.3. The van der Waals surface area contributed by atoms with Crippen LogP contribution in [0.25, 0.3) is 0 Å². The van der Waals surface area contributed by atoms with Crippen molar-refractivity contribution in [2.45, 2.75) is 51.2 Å². The van der Waals surface area contributed by atoms with Gasteiger partial charge in [0, 0.05) is 0 Å². The maximum Gasteiger partial charge on any atom is 0.418 e. The van der Waals surface area contributed by atoms with Crippen LogP contribution in [-0.2, 0) is 19.0 Å². The summed E-state index contributed by atoms with van der Waals surface area (Å²) in [6.45, 7) is 1.94. The number of halogens is 3. The number of fused-ring (bicyclic) bond motifs is 1. The number of amides is 2. The second-order valence-corrected chi connectivity index (χ2v) is 6.84. The van der Waals surface area contributed by atoms with E-state index in [-0.39, 0.29) is 11.7 Å². The molecule has 144 valence electrons. The first-order valence-corrected chi connectivity index (χ1v) is 9.24. The van der Waals surface area contributed by atoms with Crippen molar-refractivity contribution in [1.82, 2.24) is 5.32 Å². The first kappa shape index (κ1) is 19.3. The van der Waals surface area contributed by atoms with Crippen LogP contribution in [0.3, 0.4) is 0 Å². The number of para-hydroxylation sites is 1. The van der Waals surface area contributed by atoms with Crippen LogP contribution >= 0.6 is 0 Å². The smallest absolute Gasteiger partial charge is 0.331 e. The molecule has 0 spiro atoms. The molecule has 2 aromatic carbocycles. The van der Waals surface area contributed by atoms with Crippen molar-refractivity contribution in [3.8, 4) is 0 Å². The molecule has 1 aliphatic rings. The van der Waals surface area contributed by atoms with Crippen LogP contribution in [0.2, 0.25) is 0 Å². The molecule has 6 heteroatoms. The lowest BCUT2D eigenvalue weighted by atomic mass is 9.89. The molecule has 0 heterocycles. The van der Waals surface area contributed by atoms with Crippen molar-refractivity contribution in [2.24, 2.45) is 0 Å². The van der Waals surface area contributed by atoms with Crippen LogP contribution in [0.15, 0.2) is 42.5 Å². The van der Waals surface area contributed by atoms with Gasteiger partial charge in [-0.25, -0.2) is 4.79 Å². The zero-order chi connectivity index (χ0) is 19.4. The average Bonchev–Trinajstić information content (AvgIpc) is 2.65. The van der Waals surface area contributed by atoms with Gasteiger partial charge in [-0.05, 0) is 60.9 Å². The largest absolute Gasteiger partial charge is 0.418 e. The third-order valence-corrected chi connectivity index (χ3v) is 4.97. The number of anilines is 1. The fourth-order valence-electron chi connectivity index (χ4n) is 3.55. The summed E-state index contributed by atoms with van der Waals surface area (Å²) in [7, 11) is 0. The van der Waals surface area contributed by atoms with Crippen LogP contribution < -0.4 is 10.6 Å². The molecule has 0 fully saturated rings. The molecule has 0 radical (unpaired) electrons. The van der Waals surface area contributed by atoms with Crippen molar-refractivity contribution in [1.29, 1.82) is 0 Å². The van der Waals surface area contributed by atoms with Gasteiger partial charge in [0.1, 0.15) is 0 Å². The standard InChI is InChI=1S/C21H23F3N2O/c1-2-18(16-12-11-14-7-3-4-8-15(14)13-16)25-20(27)26-19-10-6-5-9-17(19)21(22,23)24/h5-6,9-13,18H,2-4,7-8H2,1H3,(H2,25,26,27). The topological polar surface area (TPSA) is 41.1 Å². The van der Waals surface area contributed by atoms with E-state index in [1.807, 2.05) is 13.0 Å². The molecule has 2 amide bonds. The predicted molar refractivity (Wildman–Crippen MR) is 99.7 cm³/mol. The van der Waals surface area contributed by atoms with Crippen LogP contribution in [-0.4, -0.2) is 6.03 Å². The van der Waals surface area contributed by atoms with Gasteiger partial charge in [0.05, 0.1) is 17.3 Å². The van der Waals surface area contributed by atoms with E-state index in [1.165, 1.54) is 35.7 Å². The Morgan fingerprint density at radius 3 is 2.48 bits per heavy atom. The Labute approximate surface area is 157 Å². The molecular formula is C21H23F3N2O. The van der Waals surface area contributed by atoms with Crippen molar-refractivity contribution in [2.75, 3.05) is 5.32 Å². The summed E-state index contributed by atoms with van der Waals surface area (Å²) >= 11 is 0. The summed E-state index contributed by atoms with van der Waals surface area (Å²) in [6, 6.07) is 10.3. The summed E-state index contributed by atoms with van der Waals surface area (Å²) in [5.74, 6) is 0. The highest BCUT2D eigenvalue weighted by Gasteiger charge is 2.33. The number of aryl methyl sites for hydroxylation is 2. The number of nitrogens with one attached hydrogen (secondary N) is 2. The molecule has 2 aromatic rings. The molecule has 2 N–H and O–H groups in total. The lowest BCUT2D eigenvalue weighted by molar-refractivity contribution is -0.136. The van der Waals surface area contributed by atoms with Gasteiger partial charge < -0.3 is 10.6 Å². The molecule has 0 bridgehead atoms. The molecule has 3 nitrogen and oxygen atoms in total. The highest BCUT2D eigenvalue weighted by Crippen LogP contribution is 2.34. The minimum Gasteiger partial charge on any atom is -0.331 e. The zero-order valence-corrected chi connectivity index (χ0v) is 15.2. The molecule has 0 saturated carbocycles. The summed E-state index contributed by atoms with van der Waals surface area (Å²) in [6.07, 6.45) is 0.594. The van der Waals surface area contributed by atoms with Crippen molar-refractivity contribution in [3.63, 3.8) is 0 Å². The van der Waals surface area contributed by atoms with Gasteiger partial charge in [0.2, 0.25) is 0 Å². The van der Waals surface area contributed by atoms with Gasteiger partial charge in [-0.3, -0.25) is 0 Å². The molecular weight excluding hydrogens is 353 g/mol. The second kappa shape index (κ2) is 8.03. The number of carbonyl (C=O) groups excluding carboxylic acids is 1. The number of benzene rings is 2. The van der Waals surface area contributed by atoms with E-state index in [0.29, 0.717) is 6.42 Å². The molecule has 27 heavy (non-hydrogen) atoms. The monoisotopic (exact) mass is 376 g/mol. The molecule has 0 aliphatic heterocycles. The molecule has 3 rings (SSSR count). The Morgan fingerprint density at radius 1 is 1.07 bits per heavy atom. The van der Waals surface area contributed by atoms with Crippen LogP contribution in [0.5, 0.6) is 0 Å². The number of carbonyl (C=O) groups is 1. The van der Waals surface area contributed by atoms with E-state index < -0.39 is 17.8 Å². The van der Waals surface area contributed by atoms with Gasteiger partial charge in [-0.2, -0.15) is 13.2 Å². The average molecular weight is 376 g/mol. The van der Waals surface area contributed by atoms with Gasteiger partial charge in [0.15, 0.2) is 0 Å². The van der Waals surface area contributed by atoms with Gasteiger partial charge in [-0.15, -0.1) is 0 Å². The summed E-state index contributed by atoms with van der Waals surface area (Å²) in [5.41, 5.74) is 2.53. The Bertz CT molecular complexity index is 817. The van der Waals surface area contributed by atoms with E-state index in [2.05, 4.69) is 22.8 Å². The predicted octanol–water partition coefficient (Wildman–Crippen LogP) is 5.86. The minimum absolute atomic E-state index is 0.247. The lowest BCUT2D eigenvalue weighted by Crippen LogP contribution is -2.33. The maximum absolute atomic E-state index is 13.1. The van der Waals surface area contributed by atoms with E-state index in [4.69, 9.17) is 0 Å². The lowest BCUT2D eigenvalue weighted by Gasteiger charge is -2.22. The number of alkyl halides is 3. The fourth-order valence-corrected chi connectivity index (χ4v) is 3.55. The Kier molecular flexibility index (Phi) is 5.73. The van der Waals surface area contributed by atoms with Crippen molar-refractivity contribution < 1.29 is 18.0 Å². The zero-order valence-electron chi connectivity index (χ0n) is 15.2. The van der Waals surface area contributed by atoms with Crippen molar-refractivity contribution in [3.05, 3.63) is 64.7 Å². The third kappa shape index (κ3) is 4.62. The quantitative estimate of drug-likeness (QED) is 0.690. The van der Waals surface area contributed by atoms with E-state index >= 15 is 0 Å². The number of hydrogen-bond donors (Lipinski definition) is 2. The Hall–Kier alpha value is -2.50. The summed E-state index contributed by atoms with van der Waals surface area (Å²) in [5, 5.41) is 5.14. The Morgan fingerprint density at radius 2 is 1.78 bits per heavy atom. The summed E-state index contributed by atoms with van der Waals surface area (Å²) < 4.78 is 39.2. The van der Waals surface area contributed by atoms with E-state index in [0.717, 1.165) is 30.9 Å². The molecule has 1 atom stereocenters. The second-order valence-electron chi connectivity index (χ2n) is 6.84. The first-order valence-electron chi connectivity index (χ1n) is 9.24. The minimum atomic E-state index is -4.52. The van der Waals surface area contributed by atoms with Crippen LogP contribution in [0.1, 0.15) is 54.5 Å². The highest BCUT2D eigenvalue weighted by molar-refractivity contribution is 5.90. The fraction of sp³-hybridized carbons (Fsp3) is 0.381. The van der Waals surface area contributed by atoms with Crippen LogP contribution in [0, 0.1) is 0 Å². The van der Waals surface area contributed by atoms with E-state index in [1.54, 1.807) is 0 Å². The molecule has 1 unspecified atom stereocenters. The highest BCUT2D eigenvalue weighted by atomic mass is 19.4. The van der Waals surface area contributed by atoms with Gasteiger partial charge >= 0.3 is 12.2 Å². The van der Waals surface area contributed by atoms with E-state index in [9.17, 15) is 18.0 Å². The number of urea groups is 1. The third-order valence-electron chi connectivity index (χ3n) is 4.97. The van der Waals surface area contributed by atoms with Crippen molar-refractivity contribution >= 4 is 11.7 Å². The van der Waals surface area contributed by atoms with Crippen LogP contribution in [0.4, 0.5) is 23.7 Å².